The molecule has 0 aliphatic rings. The SMILES string of the molecule is Bc1cnn2c(Cl)cc(CC)nc12. The Morgan fingerprint density at radius 1 is 1.62 bits per heavy atom. The lowest BCUT2D eigenvalue weighted by atomic mass is 10.0. The second kappa shape index (κ2) is 3.03. The van der Waals surface area contributed by atoms with E-state index in [1.807, 2.05) is 13.9 Å². The molecule has 5 heteroatoms. The van der Waals surface area contributed by atoms with Crippen LogP contribution in [0.2, 0.25) is 5.15 Å². The van der Waals surface area contributed by atoms with E-state index in [1.54, 1.807) is 10.7 Å². The van der Waals surface area contributed by atoms with E-state index in [9.17, 15) is 0 Å². The van der Waals surface area contributed by atoms with E-state index in [0.717, 1.165) is 23.2 Å². The van der Waals surface area contributed by atoms with E-state index < -0.39 is 0 Å². The van der Waals surface area contributed by atoms with Gasteiger partial charge in [0.1, 0.15) is 13.0 Å². The summed E-state index contributed by atoms with van der Waals surface area (Å²) in [7, 11) is 1.98. The lowest BCUT2D eigenvalue weighted by Crippen LogP contribution is -2.05. The molecular weight excluding hydrogens is 184 g/mol. The topological polar surface area (TPSA) is 30.2 Å². The molecule has 0 atom stereocenters. The summed E-state index contributed by atoms with van der Waals surface area (Å²) in [5, 5.41) is 4.74. The maximum absolute atomic E-state index is 6.01. The summed E-state index contributed by atoms with van der Waals surface area (Å²) in [6.45, 7) is 2.06. The van der Waals surface area contributed by atoms with E-state index in [4.69, 9.17) is 11.6 Å². The summed E-state index contributed by atoms with van der Waals surface area (Å²) in [4.78, 5) is 4.43. The molecule has 2 heterocycles. The number of rotatable bonds is 1. The molecule has 0 aromatic carbocycles. The predicted octanol–water partition coefficient (Wildman–Crippen LogP) is 0.204. The van der Waals surface area contributed by atoms with Gasteiger partial charge in [-0.2, -0.15) is 5.10 Å². The molecule has 0 aliphatic heterocycles. The monoisotopic (exact) mass is 193 g/mol. The quantitative estimate of drug-likeness (QED) is 0.479. The highest BCUT2D eigenvalue weighted by molar-refractivity contribution is 6.36. The fourth-order valence-electron chi connectivity index (χ4n) is 1.26. The Hall–Kier alpha value is -1.03. The summed E-state index contributed by atoms with van der Waals surface area (Å²) < 4.78 is 1.65. The minimum atomic E-state index is 0.620. The van der Waals surface area contributed by atoms with Gasteiger partial charge in [0.05, 0.1) is 0 Å². The average molecular weight is 193 g/mol. The van der Waals surface area contributed by atoms with Crippen LogP contribution in [0.5, 0.6) is 0 Å². The fourth-order valence-corrected chi connectivity index (χ4v) is 1.51. The highest BCUT2D eigenvalue weighted by Crippen LogP contribution is 2.11. The smallest absolute Gasteiger partial charge is 0.150 e. The van der Waals surface area contributed by atoms with Crippen molar-refractivity contribution in [2.24, 2.45) is 0 Å². The van der Waals surface area contributed by atoms with Crippen LogP contribution in [-0.2, 0) is 6.42 Å². The number of aromatic nitrogens is 3. The van der Waals surface area contributed by atoms with Crippen LogP contribution < -0.4 is 5.46 Å². The van der Waals surface area contributed by atoms with Crippen molar-refractivity contribution in [3.63, 3.8) is 0 Å². The van der Waals surface area contributed by atoms with Crippen LogP contribution in [-0.4, -0.2) is 22.4 Å². The highest BCUT2D eigenvalue weighted by Gasteiger charge is 2.05. The van der Waals surface area contributed by atoms with Crippen LogP contribution in [0, 0.1) is 0 Å². The van der Waals surface area contributed by atoms with Crippen LogP contribution >= 0.6 is 11.6 Å². The van der Waals surface area contributed by atoms with E-state index in [-0.39, 0.29) is 0 Å². The Kier molecular flexibility index (Phi) is 2.00. The van der Waals surface area contributed by atoms with Crippen molar-refractivity contribution in [2.45, 2.75) is 13.3 Å². The van der Waals surface area contributed by atoms with E-state index in [0.29, 0.717) is 5.15 Å². The number of nitrogens with zero attached hydrogens (tertiary/aromatic N) is 3. The van der Waals surface area contributed by atoms with Gasteiger partial charge in [-0.05, 0) is 17.9 Å². The zero-order valence-electron chi connectivity index (χ0n) is 7.58. The number of halogens is 1. The van der Waals surface area contributed by atoms with Crippen molar-refractivity contribution < 1.29 is 0 Å². The molecule has 0 unspecified atom stereocenters. The van der Waals surface area contributed by atoms with E-state index in [2.05, 4.69) is 17.0 Å². The molecule has 13 heavy (non-hydrogen) atoms. The largest absolute Gasteiger partial charge is 0.234 e. The molecule has 0 saturated carbocycles. The van der Waals surface area contributed by atoms with Gasteiger partial charge >= 0.3 is 0 Å². The zero-order valence-corrected chi connectivity index (χ0v) is 8.34. The van der Waals surface area contributed by atoms with Gasteiger partial charge in [0.2, 0.25) is 0 Å². The normalized spacial score (nSPS) is 10.9. The molecule has 0 radical (unpaired) electrons. The van der Waals surface area contributed by atoms with Crippen molar-refractivity contribution in [1.29, 1.82) is 0 Å². The molecule has 2 aromatic rings. The van der Waals surface area contributed by atoms with Gasteiger partial charge < -0.3 is 0 Å². The first-order valence-electron chi connectivity index (χ1n) is 4.22. The lowest BCUT2D eigenvalue weighted by molar-refractivity contribution is 0.913. The number of hydrogen-bond acceptors (Lipinski definition) is 2. The highest BCUT2D eigenvalue weighted by atomic mass is 35.5. The average Bonchev–Trinajstić information content (AvgIpc) is 2.48. The molecule has 0 spiro atoms. The van der Waals surface area contributed by atoms with Gasteiger partial charge in [-0.3, -0.25) is 0 Å². The molecule has 0 saturated heterocycles. The summed E-state index contributed by atoms with van der Waals surface area (Å²) in [6.07, 6.45) is 2.66. The molecule has 0 bridgehead atoms. The molecule has 0 aliphatic carbocycles. The van der Waals surface area contributed by atoms with Gasteiger partial charge in [0.25, 0.3) is 0 Å². The first-order valence-corrected chi connectivity index (χ1v) is 4.60. The Morgan fingerprint density at radius 2 is 2.38 bits per heavy atom. The third-order valence-corrected chi connectivity index (χ3v) is 2.29. The third-order valence-electron chi connectivity index (χ3n) is 2.02. The van der Waals surface area contributed by atoms with Crippen LogP contribution in [0.3, 0.4) is 0 Å². The fraction of sp³-hybridized carbons (Fsp3) is 0.250. The van der Waals surface area contributed by atoms with Crippen molar-refractivity contribution >= 4 is 30.6 Å². The molecule has 0 fully saturated rings. The van der Waals surface area contributed by atoms with E-state index in [1.165, 1.54) is 0 Å². The molecular formula is C8H9BClN3. The number of fused-ring (bicyclic) bond motifs is 1. The maximum atomic E-state index is 6.01. The molecule has 2 rings (SSSR count). The van der Waals surface area contributed by atoms with Gasteiger partial charge in [-0.15, -0.1) is 0 Å². The predicted molar refractivity (Wildman–Crippen MR) is 55.6 cm³/mol. The Labute approximate surface area is 82.1 Å². The van der Waals surface area contributed by atoms with Crippen LogP contribution in [0.15, 0.2) is 12.3 Å². The summed E-state index contributed by atoms with van der Waals surface area (Å²) >= 11 is 6.01. The molecule has 0 N–H and O–H groups in total. The van der Waals surface area contributed by atoms with Crippen molar-refractivity contribution in [3.8, 4) is 0 Å². The standard InChI is InChI=1S/C8H9BClN3/c1-2-5-3-7(10)13-8(12-5)6(9)4-11-13/h3-4H,2,9H2,1H3. The van der Waals surface area contributed by atoms with Gasteiger partial charge in [0.15, 0.2) is 5.65 Å². The van der Waals surface area contributed by atoms with Crippen molar-refractivity contribution in [2.75, 3.05) is 0 Å². The van der Waals surface area contributed by atoms with Crippen LogP contribution in [0.4, 0.5) is 0 Å². The second-order valence-corrected chi connectivity index (χ2v) is 3.37. The van der Waals surface area contributed by atoms with Gasteiger partial charge in [-0.1, -0.05) is 18.5 Å². The van der Waals surface area contributed by atoms with Crippen LogP contribution in [0.1, 0.15) is 12.6 Å². The molecule has 66 valence electrons. The summed E-state index contributed by atoms with van der Waals surface area (Å²) in [6, 6.07) is 1.85. The summed E-state index contributed by atoms with van der Waals surface area (Å²) in [5.74, 6) is 0. The molecule has 2 aromatic heterocycles. The van der Waals surface area contributed by atoms with Crippen molar-refractivity contribution in [3.05, 3.63) is 23.1 Å². The lowest BCUT2D eigenvalue weighted by Gasteiger charge is -2.00. The third kappa shape index (κ3) is 1.31. The first-order chi connectivity index (χ1) is 6.22. The summed E-state index contributed by atoms with van der Waals surface area (Å²) in [5.41, 5.74) is 2.91. The Balaban J connectivity index is 2.80. The van der Waals surface area contributed by atoms with E-state index >= 15 is 0 Å². The van der Waals surface area contributed by atoms with Gasteiger partial charge in [-0.25, -0.2) is 9.50 Å². The molecule has 3 nitrogen and oxygen atoms in total. The Morgan fingerprint density at radius 3 is 3.08 bits per heavy atom. The zero-order chi connectivity index (χ0) is 9.42. The maximum Gasteiger partial charge on any atom is 0.150 e. The van der Waals surface area contributed by atoms with Crippen molar-refractivity contribution in [1.82, 2.24) is 14.6 Å². The Bertz CT molecular complexity index is 452. The second-order valence-electron chi connectivity index (χ2n) is 2.99. The number of hydrogen-bond donors (Lipinski definition) is 0. The minimum Gasteiger partial charge on any atom is -0.234 e. The number of aryl methyl sites for hydroxylation is 1. The first kappa shape index (κ1) is 8.57. The van der Waals surface area contributed by atoms with Crippen LogP contribution in [0.25, 0.3) is 5.65 Å². The minimum absolute atomic E-state index is 0.620. The molecule has 0 amide bonds. The van der Waals surface area contributed by atoms with Gasteiger partial charge in [0, 0.05) is 11.9 Å².